The second kappa shape index (κ2) is 8.95. The van der Waals surface area contributed by atoms with Gasteiger partial charge in [-0.25, -0.2) is 0 Å². The van der Waals surface area contributed by atoms with Crippen LogP contribution in [-0.2, 0) is 0 Å². The number of fused-ring (bicyclic) bond motifs is 5. The van der Waals surface area contributed by atoms with Crippen LogP contribution in [0.1, 0.15) is 0 Å². The number of hydrogen-bond donors (Lipinski definition) is 0. The van der Waals surface area contributed by atoms with Crippen LogP contribution in [0.15, 0.2) is 150 Å². The Labute approximate surface area is 243 Å². The molecule has 1 aliphatic rings. The maximum atomic E-state index is 6.45. The minimum absolute atomic E-state index is 0.886. The van der Waals surface area contributed by atoms with Crippen LogP contribution in [0.25, 0.3) is 77.2 Å². The summed E-state index contributed by atoms with van der Waals surface area (Å²) in [6.07, 6.45) is 0. The lowest BCUT2D eigenvalue weighted by Gasteiger charge is -2.22. The second-order valence-corrected chi connectivity index (χ2v) is 10.9. The third kappa shape index (κ3) is 3.52. The third-order valence-electron chi connectivity index (χ3n) is 8.44. The fourth-order valence-electron chi connectivity index (χ4n) is 6.47. The van der Waals surface area contributed by atoms with E-state index >= 15 is 0 Å². The predicted molar refractivity (Wildman–Crippen MR) is 173 cm³/mol. The van der Waals surface area contributed by atoms with Gasteiger partial charge in [0.1, 0.15) is 22.7 Å². The molecule has 0 N–H and O–H groups in total. The maximum absolute atomic E-state index is 6.45. The van der Waals surface area contributed by atoms with Crippen LogP contribution in [0, 0.1) is 0 Å². The molecule has 2 heteroatoms. The molecule has 0 radical (unpaired) electrons. The van der Waals surface area contributed by atoms with Crippen molar-refractivity contribution in [2.45, 2.75) is 0 Å². The van der Waals surface area contributed by atoms with Gasteiger partial charge in [-0.3, -0.25) is 0 Å². The molecule has 0 saturated carbocycles. The van der Waals surface area contributed by atoms with Crippen molar-refractivity contribution in [3.05, 3.63) is 146 Å². The van der Waals surface area contributed by atoms with Crippen LogP contribution in [-0.4, -0.2) is 0 Å². The molecule has 0 spiro atoms. The summed E-state index contributed by atoms with van der Waals surface area (Å²) in [6, 6.07) is 51.4. The van der Waals surface area contributed by atoms with Crippen molar-refractivity contribution in [1.82, 2.24) is 0 Å². The Balaban J connectivity index is 1.27. The average Bonchev–Trinajstić information content (AvgIpc) is 3.44. The fourth-order valence-corrected chi connectivity index (χ4v) is 6.47. The van der Waals surface area contributed by atoms with Crippen LogP contribution in [0.5, 0.6) is 11.5 Å². The number of benzene rings is 7. The van der Waals surface area contributed by atoms with Gasteiger partial charge in [0.25, 0.3) is 0 Å². The monoisotopic (exact) mass is 536 g/mol. The minimum Gasteiger partial charge on any atom is -0.456 e. The van der Waals surface area contributed by atoms with Crippen LogP contribution >= 0.6 is 0 Å². The van der Waals surface area contributed by atoms with Crippen LogP contribution in [0.3, 0.4) is 0 Å². The summed E-state index contributed by atoms with van der Waals surface area (Å²) in [4.78, 5) is 0. The topological polar surface area (TPSA) is 22.4 Å². The molecule has 1 aliphatic heterocycles. The molecule has 0 unspecified atom stereocenters. The van der Waals surface area contributed by atoms with Gasteiger partial charge in [-0.05, 0) is 81.2 Å². The Hall–Kier alpha value is -5.60. The van der Waals surface area contributed by atoms with Crippen molar-refractivity contribution in [2.24, 2.45) is 0 Å². The zero-order valence-electron chi connectivity index (χ0n) is 22.7. The number of para-hydroxylation sites is 2. The first-order valence-corrected chi connectivity index (χ1v) is 14.3. The fraction of sp³-hybridized carbons (Fsp3) is 0. The molecule has 2 nitrogen and oxygen atoms in total. The van der Waals surface area contributed by atoms with E-state index in [1.165, 1.54) is 21.9 Å². The molecule has 0 saturated heterocycles. The van der Waals surface area contributed by atoms with E-state index in [-0.39, 0.29) is 0 Å². The summed E-state index contributed by atoms with van der Waals surface area (Å²) in [5.41, 5.74) is 11.0. The van der Waals surface area contributed by atoms with E-state index in [1.807, 2.05) is 12.1 Å². The van der Waals surface area contributed by atoms with E-state index in [0.717, 1.165) is 66.8 Å². The lowest BCUT2D eigenvalue weighted by molar-refractivity contribution is 0.487. The summed E-state index contributed by atoms with van der Waals surface area (Å²) >= 11 is 0. The van der Waals surface area contributed by atoms with E-state index in [1.54, 1.807) is 0 Å². The number of furan rings is 1. The second-order valence-electron chi connectivity index (χ2n) is 10.9. The summed E-state index contributed by atoms with van der Waals surface area (Å²) in [6.45, 7) is 0. The van der Waals surface area contributed by atoms with E-state index in [2.05, 4.69) is 133 Å². The van der Waals surface area contributed by atoms with Gasteiger partial charge >= 0.3 is 0 Å². The highest BCUT2D eigenvalue weighted by Crippen LogP contribution is 2.48. The first kappa shape index (κ1) is 23.1. The Bertz CT molecular complexity index is 2320. The SMILES string of the molecule is c1ccc(-c2cc(-c3ccc4c(c3)-c3cccc5cccc(c35)O4)cc(-c3cccc4c3oc3ccccc34)c2)cc1. The van der Waals surface area contributed by atoms with Crippen molar-refractivity contribution < 1.29 is 9.15 Å². The van der Waals surface area contributed by atoms with Crippen molar-refractivity contribution in [3.8, 4) is 56.0 Å². The van der Waals surface area contributed by atoms with Crippen LogP contribution in [0.2, 0.25) is 0 Å². The van der Waals surface area contributed by atoms with Gasteiger partial charge < -0.3 is 9.15 Å². The zero-order chi connectivity index (χ0) is 27.6. The molecule has 0 bridgehead atoms. The van der Waals surface area contributed by atoms with Gasteiger partial charge in [-0.1, -0.05) is 103 Å². The van der Waals surface area contributed by atoms with E-state index in [4.69, 9.17) is 9.15 Å². The summed E-state index contributed by atoms with van der Waals surface area (Å²) in [5.74, 6) is 1.80. The summed E-state index contributed by atoms with van der Waals surface area (Å²) in [5, 5.41) is 4.62. The molecule has 9 rings (SSSR count). The Morgan fingerprint density at radius 1 is 0.381 bits per heavy atom. The molecular weight excluding hydrogens is 512 g/mol. The summed E-state index contributed by atoms with van der Waals surface area (Å²) < 4.78 is 12.8. The first-order chi connectivity index (χ1) is 20.8. The van der Waals surface area contributed by atoms with Gasteiger partial charge in [0, 0.05) is 27.3 Å². The molecule has 1 aromatic heterocycles. The minimum atomic E-state index is 0.886. The lowest BCUT2D eigenvalue weighted by atomic mass is 9.90. The average molecular weight is 537 g/mol. The van der Waals surface area contributed by atoms with Gasteiger partial charge in [0.05, 0.1) is 0 Å². The van der Waals surface area contributed by atoms with Crippen LogP contribution in [0.4, 0.5) is 0 Å². The lowest BCUT2D eigenvalue weighted by Crippen LogP contribution is -1.97. The number of ether oxygens (including phenoxy) is 1. The first-order valence-electron chi connectivity index (χ1n) is 14.3. The molecule has 7 aromatic carbocycles. The third-order valence-corrected chi connectivity index (χ3v) is 8.44. The largest absolute Gasteiger partial charge is 0.456 e. The van der Waals surface area contributed by atoms with E-state index in [9.17, 15) is 0 Å². The summed E-state index contributed by atoms with van der Waals surface area (Å²) in [7, 11) is 0. The molecule has 0 aliphatic carbocycles. The van der Waals surface area contributed by atoms with Crippen molar-refractivity contribution >= 4 is 32.7 Å². The molecule has 0 atom stereocenters. The molecular formula is C40H24O2. The molecule has 42 heavy (non-hydrogen) atoms. The standard InChI is InChI=1S/C40H24O2/c1-2-9-25(10-3-1)28-21-29(23-30(22-28)31-14-8-16-34-32-13-4-5-17-36(32)42-40(31)34)27-19-20-37-35(24-27)33-15-6-11-26-12-7-18-38(41-37)39(26)33/h1-24H. The predicted octanol–water partition coefficient (Wildman–Crippen LogP) is 11.5. The molecule has 8 aromatic rings. The smallest absolute Gasteiger partial charge is 0.143 e. The van der Waals surface area contributed by atoms with Crippen molar-refractivity contribution in [2.75, 3.05) is 0 Å². The Morgan fingerprint density at radius 3 is 2.00 bits per heavy atom. The molecule has 196 valence electrons. The van der Waals surface area contributed by atoms with Crippen LogP contribution < -0.4 is 4.74 Å². The van der Waals surface area contributed by atoms with Gasteiger partial charge in [-0.15, -0.1) is 0 Å². The van der Waals surface area contributed by atoms with Gasteiger partial charge in [0.2, 0.25) is 0 Å². The van der Waals surface area contributed by atoms with E-state index < -0.39 is 0 Å². The highest BCUT2D eigenvalue weighted by Gasteiger charge is 2.21. The Morgan fingerprint density at radius 2 is 1.10 bits per heavy atom. The molecule has 0 fully saturated rings. The van der Waals surface area contributed by atoms with Crippen molar-refractivity contribution in [3.63, 3.8) is 0 Å². The zero-order valence-corrected chi connectivity index (χ0v) is 22.7. The van der Waals surface area contributed by atoms with Gasteiger partial charge in [-0.2, -0.15) is 0 Å². The van der Waals surface area contributed by atoms with E-state index in [0.29, 0.717) is 0 Å². The van der Waals surface area contributed by atoms with Gasteiger partial charge in [0.15, 0.2) is 0 Å². The molecule has 0 amide bonds. The van der Waals surface area contributed by atoms with Crippen molar-refractivity contribution in [1.29, 1.82) is 0 Å². The highest BCUT2D eigenvalue weighted by atomic mass is 16.5. The number of hydrogen-bond acceptors (Lipinski definition) is 2. The quantitative estimate of drug-likeness (QED) is 0.224. The normalized spacial score (nSPS) is 12.0. The highest BCUT2D eigenvalue weighted by molar-refractivity contribution is 6.10. The number of rotatable bonds is 3. The Kier molecular flexibility index (Phi) is 4.93. The molecule has 2 heterocycles. The maximum Gasteiger partial charge on any atom is 0.143 e.